The lowest BCUT2D eigenvalue weighted by Crippen LogP contribution is -2.09. The maximum atomic E-state index is 13.5. The van der Waals surface area contributed by atoms with Crippen molar-refractivity contribution in [3.8, 4) is 0 Å². The van der Waals surface area contributed by atoms with Crippen LogP contribution in [0.15, 0.2) is 36.4 Å². The Morgan fingerprint density at radius 2 is 1.58 bits per heavy atom. The molecule has 0 spiro atoms. The van der Waals surface area contributed by atoms with Crippen LogP contribution in [-0.2, 0) is 0 Å². The van der Waals surface area contributed by atoms with Crippen LogP contribution in [0.1, 0.15) is 18.5 Å². The Morgan fingerprint density at radius 1 is 0.947 bits per heavy atom. The molecule has 0 bridgehead atoms. The van der Waals surface area contributed by atoms with Gasteiger partial charge in [0, 0.05) is 11.1 Å². The summed E-state index contributed by atoms with van der Waals surface area (Å²) in [5, 5.41) is 3.38. The van der Waals surface area contributed by atoms with Crippen LogP contribution >= 0.6 is 11.6 Å². The summed E-state index contributed by atoms with van der Waals surface area (Å²) in [5.41, 5.74) is 0.773. The Kier molecular flexibility index (Phi) is 4.00. The van der Waals surface area contributed by atoms with E-state index in [1.54, 1.807) is 31.2 Å². The smallest absolute Gasteiger partial charge is 0.196 e. The summed E-state index contributed by atoms with van der Waals surface area (Å²) in [5.74, 6) is -3.91. The van der Waals surface area contributed by atoms with Crippen molar-refractivity contribution in [1.29, 1.82) is 0 Å². The molecule has 1 N–H and O–H groups in total. The van der Waals surface area contributed by atoms with Crippen molar-refractivity contribution in [3.63, 3.8) is 0 Å². The topological polar surface area (TPSA) is 12.0 Å². The van der Waals surface area contributed by atoms with Gasteiger partial charge in [-0.1, -0.05) is 23.7 Å². The Bertz CT molecular complexity index is 584. The zero-order chi connectivity index (χ0) is 14.0. The first kappa shape index (κ1) is 13.7. The molecule has 0 aromatic heterocycles. The molecule has 2 aromatic rings. The fourth-order valence-corrected chi connectivity index (χ4v) is 1.83. The highest BCUT2D eigenvalue weighted by Crippen LogP contribution is 2.25. The Labute approximate surface area is 114 Å². The third-order valence-electron chi connectivity index (χ3n) is 2.78. The maximum Gasteiger partial charge on any atom is 0.196 e. The number of benzene rings is 2. The van der Waals surface area contributed by atoms with E-state index in [1.165, 1.54) is 6.07 Å². The molecule has 1 unspecified atom stereocenters. The monoisotopic (exact) mass is 285 g/mol. The average molecular weight is 286 g/mol. The average Bonchev–Trinajstić information content (AvgIpc) is 2.40. The van der Waals surface area contributed by atoms with Gasteiger partial charge in [0.1, 0.15) is 0 Å². The van der Waals surface area contributed by atoms with Crippen molar-refractivity contribution in [1.82, 2.24) is 0 Å². The largest absolute Gasteiger partial charge is 0.376 e. The molecule has 19 heavy (non-hydrogen) atoms. The summed E-state index contributed by atoms with van der Waals surface area (Å²) in [7, 11) is 0. The van der Waals surface area contributed by atoms with E-state index in [0.717, 1.165) is 11.6 Å². The van der Waals surface area contributed by atoms with Crippen molar-refractivity contribution >= 4 is 17.3 Å². The van der Waals surface area contributed by atoms with Gasteiger partial charge in [0.25, 0.3) is 0 Å². The predicted octanol–water partition coefficient (Wildman–Crippen LogP) is 4.93. The first-order valence-electron chi connectivity index (χ1n) is 5.64. The second kappa shape index (κ2) is 5.53. The Balaban J connectivity index is 2.21. The van der Waals surface area contributed by atoms with Crippen LogP contribution in [0, 0.1) is 17.5 Å². The number of hydrogen-bond donors (Lipinski definition) is 1. The van der Waals surface area contributed by atoms with E-state index in [4.69, 9.17) is 11.6 Å². The van der Waals surface area contributed by atoms with Crippen molar-refractivity contribution in [2.24, 2.45) is 0 Å². The SMILES string of the molecule is CC(Nc1ccc(F)c(F)c1F)c1ccc(Cl)cc1. The number of anilines is 1. The number of rotatable bonds is 3. The molecule has 0 saturated heterocycles. The molecule has 0 saturated carbocycles. The van der Waals surface area contributed by atoms with Crippen LogP contribution in [-0.4, -0.2) is 0 Å². The molecule has 2 aromatic carbocycles. The molecule has 0 heterocycles. The minimum absolute atomic E-state index is 0.0821. The summed E-state index contributed by atoms with van der Waals surface area (Å²) >= 11 is 5.77. The molecule has 100 valence electrons. The van der Waals surface area contributed by atoms with Crippen LogP contribution in [0.3, 0.4) is 0 Å². The van der Waals surface area contributed by atoms with Crippen LogP contribution in [0.4, 0.5) is 18.9 Å². The lowest BCUT2D eigenvalue weighted by molar-refractivity contribution is 0.448. The lowest BCUT2D eigenvalue weighted by atomic mass is 10.1. The number of hydrogen-bond acceptors (Lipinski definition) is 1. The lowest BCUT2D eigenvalue weighted by Gasteiger charge is -2.16. The van der Waals surface area contributed by atoms with Crippen LogP contribution in [0.2, 0.25) is 5.02 Å². The molecule has 1 atom stereocenters. The van der Waals surface area contributed by atoms with Gasteiger partial charge in [-0.25, -0.2) is 13.2 Å². The molecule has 1 nitrogen and oxygen atoms in total. The fourth-order valence-electron chi connectivity index (χ4n) is 1.71. The van der Waals surface area contributed by atoms with E-state index in [1.807, 2.05) is 0 Å². The quantitative estimate of drug-likeness (QED) is 0.789. The van der Waals surface area contributed by atoms with E-state index in [0.29, 0.717) is 5.02 Å². The van der Waals surface area contributed by atoms with E-state index in [-0.39, 0.29) is 11.7 Å². The first-order chi connectivity index (χ1) is 8.99. The minimum Gasteiger partial charge on any atom is -0.376 e. The van der Waals surface area contributed by atoms with E-state index < -0.39 is 17.5 Å². The highest BCUT2D eigenvalue weighted by atomic mass is 35.5. The van der Waals surface area contributed by atoms with Gasteiger partial charge in [0.15, 0.2) is 17.5 Å². The van der Waals surface area contributed by atoms with Crippen molar-refractivity contribution < 1.29 is 13.2 Å². The molecule has 0 aliphatic rings. The molecule has 0 fully saturated rings. The van der Waals surface area contributed by atoms with Crippen molar-refractivity contribution in [2.75, 3.05) is 5.32 Å². The fraction of sp³-hybridized carbons (Fsp3) is 0.143. The summed E-state index contributed by atoms with van der Waals surface area (Å²) < 4.78 is 39.4. The Hall–Kier alpha value is -1.68. The molecule has 0 aliphatic heterocycles. The zero-order valence-electron chi connectivity index (χ0n) is 10.1. The zero-order valence-corrected chi connectivity index (χ0v) is 10.8. The van der Waals surface area contributed by atoms with Crippen LogP contribution in [0.25, 0.3) is 0 Å². The highest BCUT2D eigenvalue weighted by Gasteiger charge is 2.15. The molecule has 0 amide bonds. The summed E-state index contributed by atoms with van der Waals surface area (Å²) in [4.78, 5) is 0. The van der Waals surface area contributed by atoms with Crippen LogP contribution in [0.5, 0.6) is 0 Å². The molecule has 0 radical (unpaired) electrons. The van der Waals surface area contributed by atoms with Crippen molar-refractivity contribution in [2.45, 2.75) is 13.0 Å². The summed E-state index contributed by atoms with van der Waals surface area (Å²) in [6, 6.07) is 8.75. The van der Waals surface area contributed by atoms with Gasteiger partial charge < -0.3 is 5.32 Å². The molecule has 0 aliphatic carbocycles. The van der Waals surface area contributed by atoms with Gasteiger partial charge in [-0.3, -0.25) is 0 Å². The van der Waals surface area contributed by atoms with E-state index in [2.05, 4.69) is 5.32 Å². The van der Waals surface area contributed by atoms with Gasteiger partial charge in [0.2, 0.25) is 0 Å². The van der Waals surface area contributed by atoms with Gasteiger partial charge >= 0.3 is 0 Å². The first-order valence-corrected chi connectivity index (χ1v) is 6.02. The van der Waals surface area contributed by atoms with Gasteiger partial charge in [-0.05, 0) is 36.8 Å². The normalized spacial score (nSPS) is 12.3. The number of halogens is 4. The predicted molar refractivity (Wildman–Crippen MR) is 69.8 cm³/mol. The van der Waals surface area contributed by atoms with Crippen molar-refractivity contribution in [3.05, 3.63) is 64.4 Å². The Morgan fingerprint density at radius 3 is 2.21 bits per heavy atom. The molecular formula is C14H11ClF3N. The summed E-state index contributed by atoms with van der Waals surface area (Å²) in [6.07, 6.45) is 0. The standard InChI is InChI=1S/C14H11ClF3N/c1-8(9-2-4-10(15)5-3-9)19-12-7-6-11(16)13(17)14(12)18/h2-8,19H,1H3. The highest BCUT2D eigenvalue weighted by molar-refractivity contribution is 6.30. The molecule has 2 rings (SSSR count). The maximum absolute atomic E-state index is 13.5. The summed E-state index contributed by atoms with van der Waals surface area (Å²) in [6.45, 7) is 1.78. The molecular weight excluding hydrogens is 275 g/mol. The number of nitrogens with one attached hydrogen (secondary N) is 1. The van der Waals surface area contributed by atoms with Gasteiger partial charge in [0.05, 0.1) is 5.69 Å². The minimum atomic E-state index is -1.48. The van der Waals surface area contributed by atoms with Gasteiger partial charge in [-0.2, -0.15) is 0 Å². The molecule has 5 heteroatoms. The second-order valence-corrected chi connectivity index (χ2v) is 4.58. The van der Waals surface area contributed by atoms with Gasteiger partial charge in [-0.15, -0.1) is 0 Å². The van der Waals surface area contributed by atoms with E-state index >= 15 is 0 Å². The third-order valence-corrected chi connectivity index (χ3v) is 3.03. The van der Waals surface area contributed by atoms with E-state index in [9.17, 15) is 13.2 Å². The second-order valence-electron chi connectivity index (χ2n) is 4.14. The third kappa shape index (κ3) is 3.01. The van der Waals surface area contributed by atoms with Crippen LogP contribution < -0.4 is 5.32 Å².